The van der Waals surface area contributed by atoms with Gasteiger partial charge in [-0.3, -0.25) is 5.26 Å². The van der Waals surface area contributed by atoms with Crippen molar-refractivity contribution in [2.24, 2.45) is 0 Å². The highest BCUT2D eigenvalue weighted by Crippen LogP contribution is 2.34. The van der Waals surface area contributed by atoms with Crippen LogP contribution < -0.4 is 4.74 Å². The number of para-hydroxylation sites is 1. The molecule has 150 valence electrons. The normalized spacial score (nSPS) is 11.7. The maximum Gasteiger partial charge on any atom is 0.178 e. The Hall–Kier alpha value is -1.14. The Balaban J connectivity index is 2.96. The minimum atomic E-state index is -1.09. The van der Waals surface area contributed by atoms with Crippen LogP contribution in [0.2, 0.25) is 0 Å². The first-order chi connectivity index (χ1) is 12.7. The molecule has 0 aliphatic rings. The summed E-state index contributed by atoms with van der Waals surface area (Å²) >= 11 is 0. The van der Waals surface area contributed by atoms with Crippen molar-refractivity contribution >= 4 is 0 Å². The highest BCUT2D eigenvalue weighted by atomic mass is 17.1. The van der Waals surface area contributed by atoms with Crippen LogP contribution in [0.15, 0.2) is 24.3 Å². The number of ether oxygens (including phenoxy) is 3. The van der Waals surface area contributed by atoms with Crippen molar-refractivity contribution in [3.63, 3.8) is 0 Å². The highest BCUT2D eigenvalue weighted by Gasteiger charge is 2.38. The molecule has 1 rings (SSSR count). The maximum absolute atomic E-state index is 9.82. The van der Waals surface area contributed by atoms with E-state index >= 15 is 0 Å². The average molecular weight is 369 g/mol. The molecule has 0 spiro atoms. The van der Waals surface area contributed by atoms with Crippen LogP contribution in [0.3, 0.4) is 0 Å². The summed E-state index contributed by atoms with van der Waals surface area (Å²) in [5.41, 5.74) is -0.337. The van der Waals surface area contributed by atoms with Crippen molar-refractivity contribution < 1.29 is 24.4 Å². The lowest BCUT2D eigenvalue weighted by molar-refractivity contribution is -0.350. The highest BCUT2D eigenvalue weighted by molar-refractivity contribution is 5.38. The molecule has 5 heteroatoms. The van der Waals surface area contributed by atoms with Crippen molar-refractivity contribution in [3.05, 3.63) is 29.8 Å². The Morgan fingerprint density at radius 2 is 1.35 bits per heavy atom. The fraction of sp³-hybridized carbons (Fsp3) is 0.714. The molecule has 26 heavy (non-hydrogen) atoms. The molecule has 1 N–H and O–H groups in total. The van der Waals surface area contributed by atoms with Crippen LogP contribution in [-0.2, 0) is 20.0 Å². The first kappa shape index (κ1) is 22.9. The second kappa shape index (κ2) is 14.0. The Morgan fingerprint density at radius 3 is 1.88 bits per heavy atom. The number of rotatable bonds is 16. The van der Waals surface area contributed by atoms with Crippen molar-refractivity contribution in [1.29, 1.82) is 0 Å². The molecule has 0 atom stereocenters. The lowest BCUT2D eigenvalue weighted by atomic mass is 9.94. The van der Waals surface area contributed by atoms with Gasteiger partial charge in [-0.05, 0) is 25.3 Å². The molecule has 5 nitrogen and oxygen atoms in total. The quantitative estimate of drug-likeness (QED) is 0.247. The summed E-state index contributed by atoms with van der Waals surface area (Å²) in [6.07, 6.45) is 6.07. The van der Waals surface area contributed by atoms with E-state index in [1.807, 2.05) is 24.3 Å². The van der Waals surface area contributed by atoms with Gasteiger partial charge in [-0.15, -0.1) is 0 Å². The molecule has 0 aliphatic carbocycles. The van der Waals surface area contributed by atoms with Gasteiger partial charge in [0.2, 0.25) is 0 Å². The van der Waals surface area contributed by atoms with Gasteiger partial charge in [0.05, 0.1) is 19.8 Å². The topological polar surface area (TPSA) is 57.2 Å². The van der Waals surface area contributed by atoms with E-state index in [1.54, 1.807) is 0 Å². The summed E-state index contributed by atoms with van der Waals surface area (Å²) in [6, 6.07) is 7.64. The molecule has 0 bridgehead atoms. The predicted octanol–water partition coefficient (Wildman–Crippen LogP) is 5.18. The molecule has 0 aromatic heterocycles. The van der Waals surface area contributed by atoms with E-state index in [0.29, 0.717) is 25.6 Å². The fourth-order valence-corrected chi connectivity index (χ4v) is 2.56. The van der Waals surface area contributed by atoms with E-state index in [0.717, 1.165) is 44.1 Å². The van der Waals surface area contributed by atoms with Gasteiger partial charge in [-0.1, -0.05) is 58.2 Å². The largest absolute Gasteiger partial charge is 0.493 e. The van der Waals surface area contributed by atoms with E-state index in [9.17, 15) is 5.26 Å². The molecule has 0 aliphatic heterocycles. The molecule has 0 radical (unpaired) electrons. The van der Waals surface area contributed by atoms with Gasteiger partial charge in [0.25, 0.3) is 0 Å². The molecule has 0 unspecified atom stereocenters. The molecular weight excluding hydrogens is 332 g/mol. The third-order valence-electron chi connectivity index (χ3n) is 4.26. The minimum absolute atomic E-state index is 0.212. The zero-order chi connectivity index (χ0) is 19.1. The standard InChI is InChI=1S/C21H36O5/c1-4-7-14-23-17-21(26-22,18-24-15-8-5-2)19-12-10-11-13-20(19)25-16-9-6-3/h10-13,22H,4-9,14-18H2,1-3H3. The number of unbranched alkanes of at least 4 members (excludes halogenated alkanes) is 3. The maximum atomic E-state index is 9.82. The Labute approximate surface area is 158 Å². The Bertz CT molecular complexity index is 451. The first-order valence-electron chi connectivity index (χ1n) is 9.94. The molecule has 0 amide bonds. The van der Waals surface area contributed by atoms with E-state index in [-0.39, 0.29) is 13.2 Å². The van der Waals surface area contributed by atoms with Crippen LogP contribution in [0, 0.1) is 0 Å². The van der Waals surface area contributed by atoms with Gasteiger partial charge in [-0.2, -0.15) is 0 Å². The summed E-state index contributed by atoms with van der Waals surface area (Å²) in [5.74, 6) is 0.702. The monoisotopic (exact) mass is 368 g/mol. The molecular formula is C21H36O5. The van der Waals surface area contributed by atoms with Crippen LogP contribution in [0.25, 0.3) is 0 Å². The molecule has 0 fully saturated rings. The van der Waals surface area contributed by atoms with Crippen LogP contribution in [-0.4, -0.2) is 38.3 Å². The lowest BCUT2D eigenvalue weighted by Crippen LogP contribution is -2.40. The van der Waals surface area contributed by atoms with Gasteiger partial charge < -0.3 is 14.2 Å². The molecule has 1 aromatic rings. The second-order valence-electron chi connectivity index (χ2n) is 6.60. The number of hydrogen-bond donors (Lipinski definition) is 1. The van der Waals surface area contributed by atoms with Gasteiger partial charge >= 0.3 is 0 Å². The number of hydrogen-bond acceptors (Lipinski definition) is 5. The third-order valence-corrected chi connectivity index (χ3v) is 4.26. The van der Waals surface area contributed by atoms with Crippen molar-refractivity contribution in [2.75, 3.05) is 33.0 Å². The second-order valence-corrected chi connectivity index (χ2v) is 6.60. The number of benzene rings is 1. The molecule has 0 saturated heterocycles. The summed E-state index contributed by atoms with van der Waals surface area (Å²) in [7, 11) is 0. The summed E-state index contributed by atoms with van der Waals surface area (Å²) < 4.78 is 17.5. The van der Waals surface area contributed by atoms with Gasteiger partial charge in [-0.25, -0.2) is 4.89 Å². The molecule has 0 heterocycles. The zero-order valence-electron chi connectivity index (χ0n) is 16.7. The summed E-state index contributed by atoms with van der Waals surface area (Å²) in [6.45, 7) is 8.65. The van der Waals surface area contributed by atoms with Crippen molar-refractivity contribution in [1.82, 2.24) is 0 Å². The third kappa shape index (κ3) is 7.62. The lowest BCUT2D eigenvalue weighted by Gasteiger charge is -2.32. The fourth-order valence-electron chi connectivity index (χ4n) is 2.56. The summed E-state index contributed by atoms with van der Waals surface area (Å²) in [5, 5.41) is 9.82. The van der Waals surface area contributed by atoms with E-state index in [2.05, 4.69) is 20.8 Å². The first-order valence-corrected chi connectivity index (χ1v) is 9.94. The smallest absolute Gasteiger partial charge is 0.178 e. The predicted molar refractivity (Wildman–Crippen MR) is 104 cm³/mol. The van der Waals surface area contributed by atoms with Crippen LogP contribution in [0.1, 0.15) is 64.9 Å². The molecule has 1 aromatic carbocycles. The minimum Gasteiger partial charge on any atom is -0.493 e. The van der Waals surface area contributed by atoms with Crippen LogP contribution in [0.5, 0.6) is 5.75 Å². The van der Waals surface area contributed by atoms with Gasteiger partial charge in [0.15, 0.2) is 5.60 Å². The van der Waals surface area contributed by atoms with Crippen LogP contribution >= 0.6 is 0 Å². The summed E-state index contributed by atoms with van der Waals surface area (Å²) in [4.78, 5) is 5.00. The van der Waals surface area contributed by atoms with Crippen LogP contribution in [0.4, 0.5) is 0 Å². The van der Waals surface area contributed by atoms with Gasteiger partial charge in [0, 0.05) is 18.8 Å². The van der Waals surface area contributed by atoms with Crippen molar-refractivity contribution in [3.8, 4) is 5.75 Å². The Kier molecular flexibility index (Phi) is 12.3. The average Bonchev–Trinajstić information content (AvgIpc) is 2.68. The van der Waals surface area contributed by atoms with Gasteiger partial charge in [0.1, 0.15) is 5.75 Å². The zero-order valence-corrected chi connectivity index (χ0v) is 16.7. The van der Waals surface area contributed by atoms with E-state index in [1.165, 1.54) is 0 Å². The van der Waals surface area contributed by atoms with E-state index in [4.69, 9.17) is 19.1 Å². The van der Waals surface area contributed by atoms with E-state index < -0.39 is 5.60 Å². The Morgan fingerprint density at radius 1 is 0.808 bits per heavy atom. The SMILES string of the molecule is CCCCOCC(COCCCC)(OO)c1ccccc1OCCCC. The molecule has 0 saturated carbocycles. The van der Waals surface area contributed by atoms with Crippen molar-refractivity contribution in [2.45, 2.75) is 64.9 Å².